The molecule has 1 heterocycles. The van der Waals surface area contributed by atoms with Crippen LogP contribution in [0, 0.1) is 6.92 Å². The second kappa shape index (κ2) is 11.9. The molecule has 0 spiro atoms. The normalized spacial score (nSPS) is 12.4. The first kappa shape index (κ1) is 27.6. The predicted octanol–water partition coefficient (Wildman–Crippen LogP) is 5.59. The van der Waals surface area contributed by atoms with E-state index in [1.807, 2.05) is 13.0 Å². The van der Waals surface area contributed by atoms with E-state index in [9.17, 15) is 18.0 Å². The Morgan fingerprint density at radius 3 is 2.45 bits per heavy atom. The zero-order valence-electron chi connectivity index (χ0n) is 21.1. The van der Waals surface area contributed by atoms with E-state index in [4.69, 9.17) is 20.8 Å². The number of unbranched alkanes of at least 4 members (excludes halogenated alkanes) is 1. The van der Waals surface area contributed by atoms with Crippen molar-refractivity contribution in [3.8, 4) is 5.75 Å². The number of carbonyl (C=O) groups is 1. The quantitative estimate of drug-likeness (QED) is 0.156. The van der Waals surface area contributed by atoms with Crippen molar-refractivity contribution < 1.29 is 22.4 Å². The lowest BCUT2D eigenvalue weighted by Gasteiger charge is -2.19. The molecule has 38 heavy (non-hydrogen) atoms. The Balaban J connectivity index is 1.66. The maximum Gasteiger partial charge on any atom is 0.336 e. The maximum atomic E-state index is 13.3. The summed E-state index contributed by atoms with van der Waals surface area (Å²) >= 11 is 6.47. The molecule has 0 aliphatic heterocycles. The molecule has 0 bridgehead atoms. The van der Waals surface area contributed by atoms with Crippen molar-refractivity contribution >= 4 is 38.6 Å². The lowest BCUT2D eigenvalue weighted by molar-refractivity contribution is -0.136. The Hall–Kier alpha value is -3.46. The van der Waals surface area contributed by atoms with E-state index in [2.05, 4.69) is 11.6 Å². The van der Waals surface area contributed by atoms with Crippen molar-refractivity contribution in [2.45, 2.75) is 50.5 Å². The summed E-state index contributed by atoms with van der Waals surface area (Å²) in [4.78, 5) is 25.5. The first-order valence-electron chi connectivity index (χ1n) is 12.3. The Kier molecular flexibility index (Phi) is 8.66. The predicted molar refractivity (Wildman–Crippen MR) is 147 cm³/mol. The van der Waals surface area contributed by atoms with E-state index >= 15 is 0 Å². The second-order valence-corrected chi connectivity index (χ2v) is 11.2. The maximum absolute atomic E-state index is 13.3. The highest BCUT2D eigenvalue weighted by molar-refractivity contribution is 7.89. The van der Waals surface area contributed by atoms with Gasteiger partial charge in [-0.1, -0.05) is 73.0 Å². The number of benzene rings is 3. The summed E-state index contributed by atoms with van der Waals surface area (Å²) in [7, 11) is -4.04. The van der Waals surface area contributed by atoms with E-state index in [1.54, 1.807) is 42.5 Å². The van der Waals surface area contributed by atoms with Gasteiger partial charge in [-0.25, -0.2) is 18.0 Å². The lowest BCUT2D eigenvalue weighted by Crippen LogP contribution is -2.44. The third kappa shape index (κ3) is 6.69. The fourth-order valence-electron chi connectivity index (χ4n) is 4.06. The molecule has 1 atom stereocenters. The number of aryl methyl sites for hydroxylation is 2. The summed E-state index contributed by atoms with van der Waals surface area (Å²) in [5.41, 5.74) is 2.15. The summed E-state index contributed by atoms with van der Waals surface area (Å²) in [6.07, 6.45) is 2.56. The van der Waals surface area contributed by atoms with E-state index in [1.165, 1.54) is 24.3 Å². The van der Waals surface area contributed by atoms with E-state index in [0.29, 0.717) is 11.8 Å². The number of sulfonamides is 1. The SMILES string of the molecule is CCCCc1cc(=O)oc2cc(OC(=O)[C@H](Cc3ccccc3)NS(=O)(=O)c3ccc(C)cc3)c(Cl)cc12. The van der Waals surface area contributed by atoms with Crippen LogP contribution in [-0.4, -0.2) is 20.4 Å². The Bertz CT molecular complexity index is 1600. The van der Waals surface area contributed by atoms with Gasteiger partial charge in [-0.2, -0.15) is 4.72 Å². The third-order valence-electron chi connectivity index (χ3n) is 6.09. The molecule has 198 valence electrons. The molecule has 9 heteroatoms. The van der Waals surface area contributed by atoms with Gasteiger partial charge in [-0.15, -0.1) is 0 Å². The summed E-state index contributed by atoms with van der Waals surface area (Å²) in [6, 6.07) is 18.5. The van der Waals surface area contributed by atoms with Gasteiger partial charge in [0.2, 0.25) is 10.0 Å². The van der Waals surface area contributed by atoms with Crippen molar-refractivity contribution in [2.24, 2.45) is 0 Å². The molecular formula is C29H28ClNO6S. The minimum atomic E-state index is -4.04. The van der Waals surface area contributed by atoms with Gasteiger partial charge >= 0.3 is 11.6 Å². The zero-order valence-corrected chi connectivity index (χ0v) is 22.6. The molecule has 0 unspecified atom stereocenters. The van der Waals surface area contributed by atoms with Crippen molar-refractivity contribution in [1.82, 2.24) is 4.72 Å². The van der Waals surface area contributed by atoms with Gasteiger partial charge in [-0.3, -0.25) is 0 Å². The third-order valence-corrected chi connectivity index (χ3v) is 7.87. The Morgan fingerprint density at radius 1 is 1.05 bits per heavy atom. The van der Waals surface area contributed by atoms with Crippen LogP contribution in [0.15, 0.2) is 86.9 Å². The molecule has 0 fully saturated rings. The number of nitrogens with one attached hydrogen (secondary N) is 1. The van der Waals surface area contributed by atoms with Gasteiger partial charge in [0.25, 0.3) is 0 Å². The van der Waals surface area contributed by atoms with E-state index in [0.717, 1.165) is 29.5 Å². The number of esters is 1. The van der Waals surface area contributed by atoms with Crippen LogP contribution in [0.2, 0.25) is 5.02 Å². The minimum Gasteiger partial charge on any atom is -0.424 e. The van der Waals surface area contributed by atoms with Gasteiger partial charge in [0.15, 0.2) is 5.75 Å². The fraction of sp³-hybridized carbons (Fsp3) is 0.241. The van der Waals surface area contributed by atoms with Crippen LogP contribution in [0.5, 0.6) is 5.75 Å². The number of hydrogen-bond donors (Lipinski definition) is 1. The molecule has 0 saturated heterocycles. The summed E-state index contributed by atoms with van der Waals surface area (Å²) in [6.45, 7) is 3.90. The molecule has 0 aliphatic rings. The number of ether oxygens (including phenoxy) is 1. The minimum absolute atomic E-state index is 0.0269. The first-order valence-corrected chi connectivity index (χ1v) is 14.1. The molecule has 0 aliphatic carbocycles. The van der Waals surface area contributed by atoms with Crippen LogP contribution in [0.4, 0.5) is 0 Å². The van der Waals surface area contributed by atoms with Crippen LogP contribution in [0.25, 0.3) is 11.0 Å². The fourth-order valence-corrected chi connectivity index (χ4v) is 5.44. The monoisotopic (exact) mass is 553 g/mol. The highest BCUT2D eigenvalue weighted by Crippen LogP contribution is 2.32. The summed E-state index contributed by atoms with van der Waals surface area (Å²) in [5.74, 6) is -0.886. The molecule has 0 saturated carbocycles. The molecule has 1 aromatic heterocycles. The number of carbonyl (C=O) groups excluding carboxylic acids is 1. The molecular weight excluding hydrogens is 526 g/mol. The van der Waals surface area contributed by atoms with Gasteiger partial charge in [0.05, 0.1) is 9.92 Å². The molecule has 4 rings (SSSR count). The largest absolute Gasteiger partial charge is 0.424 e. The van der Waals surface area contributed by atoms with Crippen molar-refractivity contribution in [3.63, 3.8) is 0 Å². The molecule has 3 aromatic carbocycles. The average Bonchev–Trinajstić information content (AvgIpc) is 2.88. The van der Waals surface area contributed by atoms with E-state index < -0.39 is 27.7 Å². The van der Waals surface area contributed by atoms with Gasteiger partial charge < -0.3 is 9.15 Å². The lowest BCUT2D eigenvalue weighted by atomic mass is 10.0. The smallest absolute Gasteiger partial charge is 0.336 e. The molecule has 0 amide bonds. The number of fused-ring (bicyclic) bond motifs is 1. The first-order chi connectivity index (χ1) is 18.2. The van der Waals surface area contributed by atoms with Gasteiger partial charge in [0, 0.05) is 17.5 Å². The van der Waals surface area contributed by atoms with Crippen molar-refractivity contribution in [1.29, 1.82) is 0 Å². The Labute approximate surface area is 226 Å². The standard InChI is InChI=1S/C29H28ClNO6S/c1-3-4-10-21-16-28(32)36-26-18-27(24(30)17-23(21)26)37-29(33)25(15-20-8-6-5-7-9-20)31-38(34,35)22-13-11-19(2)12-14-22/h5-9,11-14,16-18,25,31H,3-4,10,15H2,1-2H3/t25-/m0/s1. The van der Waals surface area contributed by atoms with Crippen LogP contribution in [0.1, 0.15) is 36.5 Å². The van der Waals surface area contributed by atoms with Crippen molar-refractivity contribution in [3.05, 3.63) is 105 Å². The molecule has 0 radical (unpaired) electrons. The molecule has 4 aromatic rings. The Morgan fingerprint density at radius 2 is 1.76 bits per heavy atom. The summed E-state index contributed by atoms with van der Waals surface area (Å²) in [5, 5.41) is 0.793. The topological polar surface area (TPSA) is 103 Å². The van der Waals surface area contributed by atoms with Gasteiger partial charge in [-0.05, 0) is 55.5 Å². The van der Waals surface area contributed by atoms with Crippen LogP contribution < -0.4 is 15.1 Å². The zero-order chi connectivity index (χ0) is 27.3. The van der Waals surface area contributed by atoms with Crippen molar-refractivity contribution in [2.75, 3.05) is 0 Å². The summed E-state index contributed by atoms with van der Waals surface area (Å²) < 4.78 is 39.6. The molecule has 7 nitrogen and oxygen atoms in total. The number of hydrogen-bond acceptors (Lipinski definition) is 6. The highest BCUT2D eigenvalue weighted by Gasteiger charge is 2.28. The number of rotatable bonds is 10. The average molecular weight is 554 g/mol. The van der Waals surface area contributed by atoms with Crippen LogP contribution in [0.3, 0.4) is 0 Å². The van der Waals surface area contributed by atoms with Gasteiger partial charge in [0.1, 0.15) is 11.6 Å². The van der Waals surface area contributed by atoms with E-state index in [-0.39, 0.29) is 27.7 Å². The van der Waals surface area contributed by atoms with Crippen LogP contribution >= 0.6 is 11.6 Å². The number of halogens is 1. The highest BCUT2D eigenvalue weighted by atomic mass is 35.5. The van der Waals surface area contributed by atoms with Crippen LogP contribution in [-0.2, 0) is 27.7 Å². The molecule has 1 N–H and O–H groups in total. The second-order valence-electron chi connectivity index (χ2n) is 9.07.